The fourth-order valence-electron chi connectivity index (χ4n) is 3.43. The van der Waals surface area contributed by atoms with E-state index in [-0.39, 0.29) is 6.61 Å². The minimum Gasteiger partial charge on any atom is -0.491 e. The van der Waals surface area contributed by atoms with E-state index in [1.165, 1.54) is 16.8 Å². The zero-order chi connectivity index (χ0) is 20.8. The SMILES string of the molecule is Cc1ccc(N2CCN(C[C@H](O)COc3ccc(NC(N)=O)cc3)CC2)cc1C. The number of amides is 2. The Labute approximate surface area is 172 Å². The number of β-amino-alcohol motifs (C(OH)–C–C–N with tert-alkyl or cyclic N) is 1. The van der Waals surface area contributed by atoms with Crippen LogP contribution in [-0.4, -0.2) is 61.5 Å². The van der Waals surface area contributed by atoms with E-state index in [4.69, 9.17) is 10.5 Å². The lowest BCUT2D eigenvalue weighted by molar-refractivity contribution is 0.0663. The fourth-order valence-corrected chi connectivity index (χ4v) is 3.43. The molecule has 7 heteroatoms. The van der Waals surface area contributed by atoms with Crippen molar-refractivity contribution in [2.24, 2.45) is 5.73 Å². The van der Waals surface area contributed by atoms with Crippen molar-refractivity contribution in [2.75, 3.05) is 49.5 Å². The highest BCUT2D eigenvalue weighted by atomic mass is 16.5. The number of carbonyl (C=O) groups is 1. The number of nitrogens with zero attached hydrogens (tertiary/aromatic N) is 2. The van der Waals surface area contributed by atoms with Crippen LogP contribution in [0.5, 0.6) is 5.75 Å². The Balaban J connectivity index is 1.40. The smallest absolute Gasteiger partial charge is 0.316 e. The maximum Gasteiger partial charge on any atom is 0.316 e. The number of urea groups is 1. The first-order valence-electron chi connectivity index (χ1n) is 9.92. The number of nitrogens with one attached hydrogen (secondary N) is 1. The molecule has 0 unspecified atom stereocenters. The number of carbonyl (C=O) groups excluding carboxylic acids is 1. The number of aliphatic hydroxyl groups excluding tert-OH is 1. The van der Waals surface area contributed by atoms with Crippen molar-refractivity contribution in [3.05, 3.63) is 53.6 Å². The molecule has 1 fully saturated rings. The van der Waals surface area contributed by atoms with Gasteiger partial charge in [-0.25, -0.2) is 4.79 Å². The summed E-state index contributed by atoms with van der Waals surface area (Å²) in [5.41, 5.74) is 9.58. The van der Waals surface area contributed by atoms with E-state index >= 15 is 0 Å². The van der Waals surface area contributed by atoms with Crippen LogP contribution in [0.4, 0.5) is 16.2 Å². The van der Waals surface area contributed by atoms with E-state index in [9.17, 15) is 9.90 Å². The number of hydrogen-bond acceptors (Lipinski definition) is 5. The van der Waals surface area contributed by atoms with Gasteiger partial charge in [-0.1, -0.05) is 6.07 Å². The molecule has 2 aromatic rings. The Morgan fingerprint density at radius 3 is 2.41 bits per heavy atom. The van der Waals surface area contributed by atoms with Crippen molar-refractivity contribution < 1.29 is 14.6 Å². The molecule has 156 valence electrons. The van der Waals surface area contributed by atoms with Gasteiger partial charge in [0.2, 0.25) is 0 Å². The molecule has 0 saturated carbocycles. The summed E-state index contributed by atoms with van der Waals surface area (Å²) in [5, 5.41) is 12.8. The summed E-state index contributed by atoms with van der Waals surface area (Å²) in [6.45, 7) is 8.81. The molecule has 0 radical (unpaired) electrons. The van der Waals surface area contributed by atoms with E-state index in [2.05, 4.69) is 47.2 Å². The van der Waals surface area contributed by atoms with Crippen molar-refractivity contribution >= 4 is 17.4 Å². The number of benzene rings is 2. The second-order valence-electron chi connectivity index (χ2n) is 7.53. The third kappa shape index (κ3) is 6.10. The average molecular weight is 399 g/mol. The van der Waals surface area contributed by atoms with Crippen molar-refractivity contribution in [3.63, 3.8) is 0 Å². The van der Waals surface area contributed by atoms with Crippen molar-refractivity contribution in [1.29, 1.82) is 0 Å². The summed E-state index contributed by atoms with van der Waals surface area (Å²) < 4.78 is 5.65. The van der Waals surface area contributed by atoms with Crippen LogP contribution in [0.3, 0.4) is 0 Å². The topological polar surface area (TPSA) is 91.1 Å². The zero-order valence-electron chi connectivity index (χ0n) is 17.1. The van der Waals surface area contributed by atoms with Crippen LogP contribution >= 0.6 is 0 Å². The molecule has 1 saturated heterocycles. The Kier molecular flexibility index (Phi) is 6.95. The van der Waals surface area contributed by atoms with Crippen LogP contribution < -0.4 is 20.7 Å². The number of anilines is 2. The molecule has 29 heavy (non-hydrogen) atoms. The van der Waals surface area contributed by atoms with Crippen molar-refractivity contribution in [1.82, 2.24) is 4.90 Å². The van der Waals surface area contributed by atoms with Gasteiger partial charge in [0.05, 0.1) is 0 Å². The maximum atomic E-state index is 10.8. The predicted octanol–water partition coefficient (Wildman–Crippen LogP) is 2.36. The Morgan fingerprint density at radius 2 is 1.79 bits per heavy atom. The molecular weight excluding hydrogens is 368 g/mol. The molecule has 1 aliphatic rings. The molecule has 0 spiro atoms. The lowest BCUT2D eigenvalue weighted by Crippen LogP contribution is -2.49. The normalized spacial score (nSPS) is 15.8. The molecule has 2 aromatic carbocycles. The highest BCUT2D eigenvalue weighted by Gasteiger charge is 2.20. The molecule has 1 heterocycles. The number of aliphatic hydroxyl groups is 1. The van der Waals surface area contributed by atoms with Gasteiger partial charge in [-0.3, -0.25) is 4.90 Å². The lowest BCUT2D eigenvalue weighted by atomic mass is 10.1. The minimum absolute atomic E-state index is 0.222. The van der Waals surface area contributed by atoms with E-state index in [0.29, 0.717) is 18.0 Å². The molecule has 2 amide bonds. The van der Waals surface area contributed by atoms with Gasteiger partial charge >= 0.3 is 6.03 Å². The number of piperazine rings is 1. The maximum absolute atomic E-state index is 10.8. The first kappa shape index (κ1) is 21.0. The highest BCUT2D eigenvalue weighted by Crippen LogP contribution is 2.20. The largest absolute Gasteiger partial charge is 0.491 e. The number of aryl methyl sites for hydroxylation is 2. The van der Waals surface area contributed by atoms with E-state index in [1.54, 1.807) is 24.3 Å². The van der Waals surface area contributed by atoms with Gasteiger partial charge < -0.3 is 25.8 Å². The molecule has 1 atom stereocenters. The monoisotopic (exact) mass is 398 g/mol. The molecule has 7 nitrogen and oxygen atoms in total. The predicted molar refractivity (Wildman–Crippen MR) is 116 cm³/mol. The highest BCUT2D eigenvalue weighted by molar-refractivity contribution is 5.87. The number of primary amides is 1. The van der Waals surface area contributed by atoms with Crippen molar-refractivity contribution in [3.8, 4) is 5.75 Å². The number of hydrogen-bond donors (Lipinski definition) is 3. The first-order valence-corrected chi connectivity index (χ1v) is 9.92. The second kappa shape index (κ2) is 9.62. The van der Waals surface area contributed by atoms with Crippen LogP contribution in [0.1, 0.15) is 11.1 Å². The fraction of sp³-hybridized carbons (Fsp3) is 0.409. The van der Waals surface area contributed by atoms with Gasteiger partial charge in [0.25, 0.3) is 0 Å². The van der Waals surface area contributed by atoms with Gasteiger partial charge in [0, 0.05) is 44.1 Å². The summed E-state index contributed by atoms with van der Waals surface area (Å²) in [4.78, 5) is 15.5. The van der Waals surface area contributed by atoms with Crippen LogP contribution in [-0.2, 0) is 0 Å². The van der Waals surface area contributed by atoms with Gasteiger partial charge in [0.15, 0.2) is 0 Å². The first-order chi connectivity index (χ1) is 13.9. The third-order valence-electron chi connectivity index (χ3n) is 5.26. The number of nitrogens with two attached hydrogens (primary N) is 1. The van der Waals surface area contributed by atoms with E-state index in [1.807, 2.05) is 0 Å². The summed E-state index contributed by atoms with van der Waals surface area (Å²) in [7, 11) is 0. The Hall–Kier alpha value is -2.77. The standard InChI is InChI=1S/C22H30N4O3/c1-16-3-6-19(13-17(16)2)26-11-9-25(10-12-26)14-20(27)15-29-21-7-4-18(5-8-21)24-22(23)28/h3-8,13,20,27H,9-12,14-15H2,1-2H3,(H3,23,24,28)/t20-/m0/s1. The van der Waals surface area contributed by atoms with Gasteiger partial charge in [-0.05, 0) is 61.4 Å². The summed E-state index contributed by atoms with van der Waals surface area (Å²) in [5.74, 6) is 0.638. The van der Waals surface area contributed by atoms with Crippen LogP contribution in [0.2, 0.25) is 0 Å². The van der Waals surface area contributed by atoms with Gasteiger partial charge in [0.1, 0.15) is 18.5 Å². The lowest BCUT2D eigenvalue weighted by Gasteiger charge is -2.37. The molecule has 0 bridgehead atoms. The van der Waals surface area contributed by atoms with Crippen LogP contribution in [0.25, 0.3) is 0 Å². The molecular formula is C22H30N4O3. The minimum atomic E-state index is -0.605. The molecule has 0 aliphatic carbocycles. The van der Waals surface area contributed by atoms with E-state index in [0.717, 1.165) is 26.2 Å². The molecule has 4 N–H and O–H groups in total. The van der Waals surface area contributed by atoms with E-state index < -0.39 is 12.1 Å². The summed E-state index contributed by atoms with van der Waals surface area (Å²) in [6, 6.07) is 12.9. The van der Waals surface area contributed by atoms with Crippen molar-refractivity contribution in [2.45, 2.75) is 20.0 Å². The molecule has 3 rings (SSSR count). The average Bonchev–Trinajstić information content (AvgIpc) is 2.70. The molecule has 0 aromatic heterocycles. The van der Waals surface area contributed by atoms with Crippen LogP contribution in [0, 0.1) is 13.8 Å². The summed E-state index contributed by atoms with van der Waals surface area (Å²) in [6.07, 6.45) is -0.563. The third-order valence-corrected chi connectivity index (χ3v) is 5.26. The number of rotatable bonds is 7. The zero-order valence-corrected chi connectivity index (χ0v) is 17.1. The van der Waals surface area contributed by atoms with Gasteiger partial charge in [-0.2, -0.15) is 0 Å². The number of ether oxygens (including phenoxy) is 1. The second-order valence-corrected chi connectivity index (χ2v) is 7.53. The van der Waals surface area contributed by atoms with Gasteiger partial charge in [-0.15, -0.1) is 0 Å². The Bertz CT molecular complexity index is 817. The Morgan fingerprint density at radius 1 is 1.10 bits per heavy atom. The quantitative estimate of drug-likeness (QED) is 0.666. The molecule has 1 aliphatic heterocycles. The summed E-state index contributed by atoms with van der Waals surface area (Å²) >= 11 is 0. The van der Waals surface area contributed by atoms with Crippen LogP contribution in [0.15, 0.2) is 42.5 Å².